The van der Waals surface area contributed by atoms with E-state index in [4.69, 9.17) is 4.74 Å². The first kappa shape index (κ1) is 26.1. The topological polar surface area (TPSA) is 75.6 Å². The van der Waals surface area contributed by atoms with Crippen molar-refractivity contribution in [3.63, 3.8) is 0 Å². The van der Waals surface area contributed by atoms with Gasteiger partial charge in [-0.15, -0.1) is 0 Å². The van der Waals surface area contributed by atoms with Crippen LogP contribution in [0, 0.1) is 5.92 Å². The van der Waals surface area contributed by atoms with E-state index >= 15 is 0 Å². The van der Waals surface area contributed by atoms with E-state index in [-0.39, 0.29) is 11.8 Å². The van der Waals surface area contributed by atoms with E-state index in [2.05, 4.69) is 9.97 Å². The highest BCUT2D eigenvalue weighted by Crippen LogP contribution is 2.30. The molecule has 1 aliphatic carbocycles. The van der Waals surface area contributed by atoms with Gasteiger partial charge in [0.25, 0.3) is 0 Å². The lowest BCUT2D eigenvalue weighted by Crippen LogP contribution is -2.36. The van der Waals surface area contributed by atoms with Crippen molar-refractivity contribution >= 4 is 29.5 Å². The highest BCUT2D eigenvalue weighted by atomic mass is 16.5. The van der Waals surface area contributed by atoms with Crippen LogP contribution in [0.25, 0.3) is 17.3 Å². The predicted octanol–water partition coefficient (Wildman–Crippen LogP) is 5.51. The van der Waals surface area contributed by atoms with Gasteiger partial charge < -0.3 is 14.5 Å². The number of anilines is 2. The summed E-state index contributed by atoms with van der Waals surface area (Å²) in [5.74, 6) is 0.582. The van der Waals surface area contributed by atoms with Crippen molar-refractivity contribution in [2.24, 2.45) is 5.92 Å². The Balaban J connectivity index is 1.58. The Hall–Kier alpha value is -4.00. The molecule has 192 valence electrons. The van der Waals surface area contributed by atoms with Crippen molar-refractivity contribution in [3.8, 4) is 11.3 Å². The van der Waals surface area contributed by atoms with Gasteiger partial charge in [0.05, 0.1) is 31.7 Å². The Kier molecular flexibility index (Phi) is 8.67. The molecule has 3 aromatic rings. The maximum Gasteiger partial charge on any atom is 0.330 e. The lowest BCUT2D eigenvalue weighted by Gasteiger charge is -2.30. The maximum atomic E-state index is 13.7. The molecule has 0 N–H and O–H groups in total. The molecule has 1 amide bonds. The summed E-state index contributed by atoms with van der Waals surface area (Å²) in [4.78, 5) is 38.1. The Morgan fingerprint density at radius 3 is 2.41 bits per heavy atom. The zero-order valence-electron chi connectivity index (χ0n) is 21.8. The summed E-state index contributed by atoms with van der Waals surface area (Å²) in [5, 5.41) is 0. The van der Waals surface area contributed by atoms with Crippen molar-refractivity contribution in [1.82, 2.24) is 9.97 Å². The zero-order valence-corrected chi connectivity index (χ0v) is 21.8. The third kappa shape index (κ3) is 6.82. The Bertz CT molecular complexity index is 1230. The number of aromatic nitrogens is 2. The van der Waals surface area contributed by atoms with Crippen LogP contribution in [0.1, 0.15) is 43.2 Å². The zero-order chi connectivity index (χ0) is 26.2. The predicted molar refractivity (Wildman–Crippen MR) is 147 cm³/mol. The number of methoxy groups -OCH3 is 1. The van der Waals surface area contributed by atoms with Gasteiger partial charge in [-0.3, -0.25) is 9.78 Å². The number of esters is 1. The van der Waals surface area contributed by atoms with Crippen molar-refractivity contribution in [2.45, 2.75) is 38.6 Å². The summed E-state index contributed by atoms with van der Waals surface area (Å²) in [6, 6.07) is 15.8. The van der Waals surface area contributed by atoms with Gasteiger partial charge in [0.2, 0.25) is 5.91 Å². The molecule has 0 bridgehead atoms. The van der Waals surface area contributed by atoms with Crippen LogP contribution in [-0.4, -0.2) is 43.0 Å². The fraction of sp³-hybridized carbons (Fsp3) is 0.333. The van der Waals surface area contributed by atoms with Gasteiger partial charge in [0.1, 0.15) is 5.82 Å². The van der Waals surface area contributed by atoms with Crippen LogP contribution in [0.4, 0.5) is 11.5 Å². The standard InChI is InChI=1S/C30H34N4O3/c1-33(2)28-20-31-27(19-32-28)24-15-12-23(13-16-24)21-34(30(36)25-9-5-4-6-10-25)26-11-7-8-22(18-26)14-17-29(35)37-3/h7-8,11-20,25H,4-6,9-10,21H2,1-3H3/b17-14+. The lowest BCUT2D eigenvalue weighted by molar-refractivity contribution is -0.134. The summed E-state index contributed by atoms with van der Waals surface area (Å²) in [7, 11) is 5.22. The SMILES string of the molecule is COC(=O)/C=C/c1cccc(N(Cc2ccc(-c3cnc(N(C)C)cn3)cc2)C(=O)C2CCCCC2)c1. The van der Waals surface area contributed by atoms with Gasteiger partial charge in [-0.1, -0.05) is 55.7 Å². The minimum atomic E-state index is -0.415. The molecule has 7 heteroatoms. The minimum Gasteiger partial charge on any atom is -0.466 e. The summed E-state index contributed by atoms with van der Waals surface area (Å²) < 4.78 is 4.70. The largest absolute Gasteiger partial charge is 0.466 e. The second-order valence-electron chi connectivity index (χ2n) is 9.56. The average molecular weight is 499 g/mol. The first-order valence-electron chi connectivity index (χ1n) is 12.7. The monoisotopic (exact) mass is 498 g/mol. The van der Waals surface area contributed by atoms with Crippen molar-refractivity contribution in [1.29, 1.82) is 0 Å². The molecule has 0 unspecified atom stereocenters. The second-order valence-corrected chi connectivity index (χ2v) is 9.56. The molecule has 0 saturated heterocycles. The van der Waals surface area contributed by atoms with Crippen molar-refractivity contribution in [2.75, 3.05) is 31.0 Å². The van der Waals surface area contributed by atoms with E-state index in [1.54, 1.807) is 18.5 Å². The third-order valence-electron chi connectivity index (χ3n) is 6.70. The van der Waals surface area contributed by atoms with Crippen LogP contribution in [0.3, 0.4) is 0 Å². The van der Waals surface area contributed by atoms with E-state index in [1.807, 2.05) is 72.4 Å². The van der Waals surface area contributed by atoms with Gasteiger partial charge >= 0.3 is 5.97 Å². The van der Waals surface area contributed by atoms with Crippen LogP contribution in [0.15, 0.2) is 67.0 Å². The molecule has 1 fully saturated rings. The Labute approximate surface area is 218 Å². The lowest BCUT2D eigenvalue weighted by atomic mass is 9.88. The molecule has 0 radical (unpaired) electrons. The first-order chi connectivity index (χ1) is 17.9. The van der Waals surface area contributed by atoms with Gasteiger partial charge in [0.15, 0.2) is 0 Å². The van der Waals surface area contributed by atoms with Crippen LogP contribution in [0.5, 0.6) is 0 Å². The third-order valence-corrected chi connectivity index (χ3v) is 6.70. The molecule has 7 nitrogen and oxygen atoms in total. The average Bonchev–Trinajstić information content (AvgIpc) is 2.95. The molecule has 4 rings (SSSR count). The van der Waals surface area contributed by atoms with Crippen molar-refractivity contribution < 1.29 is 14.3 Å². The quantitative estimate of drug-likeness (QED) is 0.301. The number of hydrogen-bond donors (Lipinski definition) is 0. The maximum absolute atomic E-state index is 13.7. The molecule has 1 saturated carbocycles. The molecule has 0 atom stereocenters. The second kappa shape index (κ2) is 12.3. The van der Waals surface area contributed by atoms with Crippen LogP contribution in [0.2, 0.25) is 0 Å². The molecular formula is C30H34N4O3. The van der Waals surface area contributed by atoms with E-state index in [0.29, 0.717) is 6.54 Å². The highest BCUT2D eigenvalue weighted by Gasteiger charge is 2.27. The fourth-order valence-electron chi connectivity index (χ4n) is 4.56. The Morgan fingerprint density at radius 1 is 1.00 bits per heavy atom. The highest BCUT2D eigenvalue weighted by molar-refractivity contribution is 5.95. The van der Waals surface area contributed by atoms with E-state index in [0.717, 1.165) is 59.6 Å². The molecule has 1 aromatic heterocycles. The molecule has 0 aliphatic heterocycles. The number of carbonyl (C=O) groups is 2. The molecular weight excluding hydrogens is 464 g/mol. The number of rotatable bonds is 8. The van der Waals surface area contributed by atoms with Crippen LogP contribution >= 0.6 is 0 Å². The van der Waals surface area contributed by atoms with Gasteiger partial charge in [-0.25, -0.2) is 9.78 Å². The Morgan fingerprint density at radius 2 is 1.76 bits per heavy atom. The van der Waals surface area contributed by atoms with E-state index in [9.17, 15) is 9.59 Å². The number of carbonyl (C=O) groups excluding carboxylic acids is 2. The van der Waals surface area contributed by atoms with Gasteiger partial charge in [0, 0.05) is 37.3 Å². The van der Waals surface area contributed by atoms with Crippen molar-refractivity contribution in [3.05, 3.63) is 78.1 Å². The van der Waals surface area contributed by atoms with Gasteiger partial charge in [-0.05, 0) is 42.2 Å². The number of hydrogen-bond acceptors (Lipinski definition) is 6. The molecule has 1 aliphatic rings. The molecule has 1 heterocycles. The first-order valence-corrected chi connectivity index (χ1v) is 12.7. The summed E-state index contributed by atoms with van der Waals surface area (Å²) in [6.45, 7) is 0.463. The van der Waals surface area contributed by atoms with Gasteiger partial charge in [-0.2, -0.15) is 0 Å². The molecule has 2 aromatic carbocycles. The van der Waals surface area contributed by atoms with Crippen LogP contribution < -0.4 is 9.80 Å². The van der Waals surface area contributed by atoms with E-state index in [1.165, 1.54) is 19.6 Å². The number of benzene rings is 2. The summed E-state index contributed by atoms with van der Waals surface area (Å²) in [6.07, 6.45) is 11.9. The fourth-order valence-corrected chi connectivity index (χ4v) is 4.56. The number of ether oxygens (including phenoxy) is 1. The molecule has 0 spiro atoms. The van der Waals surface area contributed by atoms with E-state index < -0.39 is 5.97 Å². The number of amides is 1. The van der Waals surface area contributed by atoms with Crippen LogP contribution in [-0.2, 0) is 20.9 Å². The number of nitrogens with zero attached hydrogens (tertiary/aromatic N) is 4. The summed E-state index contributed by atoms with van der Waals surface area (Å²) in [5.41, 5.74) is 4.46. The minimum absolute atomic E-state index is 0.0350. The molecule has 37 heavy (non-hydrogen) atoms. The summed E-state index contributed by atoms with van der Waals surface area (Å²) >= 11 is 0. The normalized spacial score (nSPS) is 13.9. The smallest absolute Gasteiger partial charge is 0.330 e.